The van der Waals surface area contributed by atoms with E-state index in [1.807, 2.05) is 19.1 Å². The molecule has 5 nitrogen and oxygen atoms in total. The lowest BCUT2D eigenvalue weighted by atomic mass is 9.91. The molecule has 1 aliphatic heterocycles. The number of hydrogen-bond donors (Lipinski definition) is 1. The van der Waals surface area contributed by atoms with Crippen LogP contribution >= 0.6 is 15.9 Å². The zero-order valence-electron chi connectivity index (χ0n) is 12.0. The standard InChI is InChI=1S/C15H17BrN2O3/c1-15(9-3-4-9)14(20)18(8-13(19)17-15)11-7-10(16)5-6-12(11)21-2/h5-7,9H,3-4,8H2,1-2H3,(H,17,19). The summed E-state index contributed by atoms with van der Waals surface area (Å²) in [5, 5.41) is 2.87. The van der Waals surface area contributed by atoms with Crippen LogP contribution in [0.5, 0.6) is 5.75 Å². The van der Waals surface area contributed by atoms with Crippen LogP contribution in [0, 0.1) is 5.92 Å². The first kappa shape index (κ1) is 14.4. The van der Waals surface area contributed by atoms with Gasteiger partial charge in [0, 0.05) is 4.47 Å². The van der Waals surface area contributed by atoms with Gasteiger partial charge in [-0.3, -0.25) is 14.5 Å². The molecule has 0 aromatic heterocycles. The fraction of sp³-hybridized carbons (Fsp3) is 0.467. The number of amides is 2. The smallest absolute Gasteiger partial charge is 0.253 e. The van der Waals surface area contributed by atoms with Gasteiger partial charge in [-0.25, -0.2) is 0 Å². The van der Waals surface area contributed by atoms with Crippen LogP contribution in [0.15, 0.2) is 22.7 Å². The fourth-order valence-corrected chi connectivity index (χ4v) is 3.23. The van der Waals surface area contributed by atoms with Gasteiger partial charge < -0.3 is 10.1 Å². The Bertz CT molecular complexity index is 615. The molecule has 1 heterocycles. The molecule has 21 heavy (non-hydrogen) atoms. The highest BCUT2D eigenvalue weighted by Crippen LogP contribution is 2.43. The molecule has 1 aromatic rings. The average molecular weight is 353 g/mol. The van der Waals surface area contributed by atoms with Crippen LogP contribution in [0.25, 0.3) is 0 Å². The van der Waals surface area contributed by atoms with Crippen LogP contribution in [-0.4, -0.2) is 31.0 Å². The number of nitrogens with one attached hydrogen (secondary N) is 1. The highest BCUT2D eigenvalue weighted by molar-refractivity contribution is 9.10. The van der Waals surface area contributed by atoms with E-state index in [0.717, 1.165) is 17.3 Å². The van der Waals surface area contributed by atoms with Crippen LogP contribution in [0.1, 0.15) is 19.8 Å². The maximum Gasteiger partial charge on any atom is 0.253 e. The maximum atomic E-state index is 12.9. The number of rotatable bonds is 3. The molecular weight excluding hydrogens is 336 g/mol. The van der Waals surface area contributed by atoms with E-state index in [0.29, 0.717) is 11.4 Å². The second kappa shape index (κ2) is 5.02. The minimum atomic E-state index is -0.803. The Morgan fingerprint density at radius 1 is 1.38 bits per heavy atom. The van der Waals surface area contributed by atoms with E-state index < -0.39 is 5.54 Å². The molecule has 1 aromatic carbocycles. The Hall–Kier alpha value is -1.56. The van der Waals surface area contributed by atoms with Gasteiger partial charge in [0.1, 0.15) is 17.8 Å². The predicted octanol–water partition coefficient (Wildman–Crippen LogP) is 2.09. The lowest BCUT2D eigenvalue weighted by Gasteiger charge is -2.40. The summed E-state index contributed by atoms with van der Waals surface area (Å²) in [6.45, 7) is 1.84. The molecule has 2 fully saturated rings. The van der Waals surface area contributed by atoms with Gasteiger partial charge in [0.25, 0.3) is 5.91 Å². The van der Waals surface area contributed by atoms with Crippen LogP contribution in [0.4, 0.5) is 5.69 Å². The van der Waals surface area contributed by atoms with Gasteiger partial charge in [-0.1, -0.05) is 15.9 Å². The molecule has 3 rings (SSSR count). The van der Waals surface area contributed by atoms with E-state index in [1.54, 1.807) is 13.2 Å². The lowest BCUT2D eigenvalue weighted by molar-refractivity contribution is -0.136. The normalized spacial score (nSPS) is 25.8. The highest BCUT2D eigenvalue weighted by Gasteiger charge is 2.53. The van der Waals surface area contributed by atoms with E-state index >= 15 is 0 Å². The third kappa shape index (κ3) is 2.41. The molecule has 1 N–H and O–H groups in total. The van der Waals surface area contributed by atoms with Crippen LogP contribution in [-0.2, 0) is 9.59 Å². The van der Waals surface area contributed by atoms with Gasteiger partial charge in [0.2, 0.25) is 5.91 Å². The number of hydrogen-bond acceptors (Lipinski definition) is 3. The Balaban J connectivity index is 2.02. The Morgan fingerprint density at radius 2 is 2.10 bits per heavy atom. The molecule has 1 saturated carbocycles. The van der Waals surface area contributed by atoms with E-state index in [-0.39, 0.29) is 24.3 Å². The Morgan fingerprint density at radius 3 is 2.71 bits per heavy atom. The fourth-order valence-electron chi connectivity index (χ4n) is 2.88. The van der Waals surface area contributed by atoms with Crippen LogP contribution in [0.3, 0.4) is 0 Å². The number of nitrogens with zero attached hydrogens (tertiary/aromatic N) is 1. The first-order chi connectivity index (χ1) is 9.95. The summed E-state index contributed by atoms with van der Waals surface area (Å²) in [6.07, 6.45) is 1.96. The number of ether oxygens (including phenoxy) is 1. The molecular formula is C15H17BrN2O3. The van der Waals surface area contributed by atoms with Gasteiger partial charge >= 0.3 is 0 Å². The molecule has 0 bridgehead atoms. The number of halogens is 1. The molecule has 1 unspecified atom stereocenters. The van der Waals surface area contributed by atoms with Crippen molar-refractivity contribution in [2.45, 2.75) is 25.3 Å². The molecule has 6 heteroatoms. The summed E-state index contributed by atoms with van der Waals surface area (Å²) in [4.78, 5) is 26.5. The SMILES string of the molecule is COc1ccc(Br)cc1N1CC(=O)NC(C)(C2CC2)C1=O. The van der Waals surface area contributed by atoms with Gasteiger partial charge in [-0.2, -0.15) is 0 Å². The average Bonchev–Trinajstić information content (AvgIpc) is 3.27. The Kier molecular flexibility index (Phi) is 3.43. The number of carbonyl (C=O) groups is 2. The number of carbonyl (C=O) groups excluding carboxylic acids is 2. The molecule has 1 atom stereocenters. The summed E-state index contributed by atoms with van der Waals surface area (Å²) in [6, 6.07) is 5.44. The van der Waals surface area contributed by atoms with Gasteiger partial charge in [-0.05, 0) is 43.9 Å². The van der Waals surface area contributed by atoms with Crippen molar-refractivity contribution in [1.82, 2.24) is 5.32 Å². The third-order valence-electron chi connectivity index (χ3n) is 4.22. The van der Waals surface area contributed by atoms with Crippen molar-refractivity contribution >= 4 is 33.4 Å². The second-order valence-electron chi connectivity index (χ2n) is 5.73. The summed E-state index contributed by atoms with van der Waals surface area (Å²) in [5.41, 5.74) is -0.179. The summed E-state index contributed by atoms with van der Waals surface area (Å²) >= 11 is 3.40. The van der Waals surface area contributed by atoms with E-state index in [2.05, 4.69) is 21.2 Å². The number of piperazine rings is 1. The molecule has 1 aliphatic carbocycles. The molecule has 0 spiro atoms. The first-order valence-electron chi connectivity index (χ1n) is 6.92. The van der Waals surface area contributed by atoms with E-state index in [9.17, 15) is 9.59 Å². The lowest BCUT2D eigenvalue weighted by Crippen LogP contribution is -2.66. The monoisotopic (exact) mass is 352 g/mol. The van der Waals surface area contributed by atoms with Gasteiger partial charge in [0.15, 0.2) is 0 Å². The predicted molar refractivity (Wildman–Crippen MR) is 82.3 cm³/mol. The van der Waals surface area contributed by atoms with Crippen molar-refractivity contribution in [1.29, 1.82) is 0 Å². The summed E-state index contributed by atoms with van der Waals surface area (Å²) in [5.74, 6) is 0.612. The van der Waals surface area contributed by atoms with Crippen molar-refractivity contribution in [2.75, 3.05) is 18.6 Å². The molecule has 2 aliphatic rings. The van der Waals surface area contributed by atoms with Gasteiger partial charge in [-0.15, -0.1) is 0 Å². The van der Waals surface area contributed by atoms with Crippen LogP contribution in [0.2, 0.25) is 0 Å². The van der Waals surface area contributed by atoms with Crippen molar-refractivity contribution in [2.24, 2.45) is 5.92 Å². The van der Waals surface area contributed by atoms with Crippen LogP contribution < -0.4 is 15.0 Å². The highest BCUT2D eigenvalue weighted by atomic mass is 79.9. The first-order valence-corrected chi connectivity index (χ1v) is 7.71. The zero-order chi connectivity index (χ0) is 15.2. The maximum absolute atomic E-state index is 12.9. The summed E-state index contributed by atoms with van der Waals surface area (Å²) < 4.78 is 6.17. The van der Waals surface area contributed by atoms with Crippen molar-refractivity contribution in [3.63, 3.8) is 0 Å². The number of anilines is 1. The molecule has 0 radical (unpaired) electrons. The van der Waals surface area contributed by atoms with Crippen molar-refractivity contribution < 1.29 is 14.3 Å². The van der Waals surface area contributed by atoms with Crippen molar-refractivity contribution in [3.05, 3.63) is 22.7 Å². The molecule has 112 valence electrons. The quantitative estimate of drug-likeness (QED) is 0.905. The third-order valence-corrected chi connectivity index (χ3v) is 4.71. The van der Waals surface area contributed by atoms with E-state index in [4.69, 9.17) is 4.74 Å². The van der Waals surface area contributed by atoms with E-state index in [1.165, 1.54) is 4.90 Å². The minimum Gasteiger partial charge on any atom is -0.495 e. The zero-order valence-corrected chi connectivity index (χ0v) is 13.6. The van der Waals surface area contributed by atoms with Gasteiger partial charge in [0.05, 0.1) is 12.8 Å². The second-order valence-corrected chi connectivity index (χ2v) is 6.65. The molecule has 1 saturated heterocycles. The Labute approximate surface area is 131 Å². The number of benzene rings is 1. The minimum absolute atomic E-state index is 0.0218. The number of methoxy groups -OCH3 is 1. The topological polar surface area (TPSA) is 58.6 Å². The molecule has 2 amide bonds. The largest absolute Gasteiger partial charge is 0.495 e. The van der Waals surface area contributed by atoms with Crippen molar-refractivity contribution in [3.8, 4) is 5.75 Å². The summed E-state index contributed by atoms with van der Waals surface area (Å²) in [7, 11) is 1.56.